The van der Waals surface area contributed by atoms with Crippen LogP contribution >= 0.6 is 0 Å². The predicted molar refractivity (Wildman–Crippen MR) is 79.0 cm³/mol. The van der Waals surface area contributed by atoms with Crippen molar-refractivity contribution < 1.29 is 9.13 Å². The number of rotatable bonds is 6. The molecular formula is C16H19FN2O. The number of anilines is 1. The van der Waals surface area contributed by atoms with E-state index in [0.717, 1.165) is 11.1 Å². The first-order valence-corrected chi connectivity index (χ1v) is 6.53. The van der Waals surface area contributed by atoms with Crippen LogP contribution in [0.5, 0.6) is 0 Å². The van der Waals surface area contributed by atoms with Gasteiger partial charge in [-0.15, -0.1) is 0 Å². The second-order valence-electron chi connectivity index (χ2n) is 4.59. The van der Waals surface area contributed by atoms with Crippen molar-refractivity contribution >= 4 is 5.69 Å². The molecule has 1 atom stereocenters. The molecule has 106 valence electrons. The maximum Gasteiger partial charge on any atom is 0.146 e. The van der Waals surface area contributed by atoms with E-state index in [0.29, 0.717) is 18.8 Å². The van der Waals surface area contributed by atoms with Crippen LogP contribution in [0.1, 0.15) is 17.2 Å². The van der Waals surface area contributed by atoms with Crippen molar-refractivity contribution in [3.8, 4) is 0 Å². The highest BCUT2D eigenvalue weighted by atomic mass is 19.1. The molecule has 0 aliphatic carbocycles. The Kier molecular flexibility index (Phi) is 5.09. The first-order valence-electron chi connectivity index (χ1n) is 6.53. The highest BCUT2D eigenvalue weighted by molar-refractivity contribution is 5.47. The molecule has 0 spiro atoms. The summed E-state index contributed by atoms with van der Waals surface area (Å²) >= 11 is 0. The molecule has 4 heteroatoms. The summed E-state index contributed by atoms with van der Waals surface area (Å²) in [6, 6.07) is 14.4. The summed E-state index contributed by atoms with van der Waals surface area (Å²) in [6.07, 6.45) is 0. The number of methoxy groups -OCH3 is 1. The van der Waals surface area contributed by atoms with Crippen LogP contribution in [0.15, 0.2) is 48.5 Å². The fourth-order valence-corrected chi connectivity index (χ4v) is 2.11. The van der Waals surface area contributed by atoms with Crippen molar-refractivity contribution in [2.24, 2.45) is 5.73 Å². The van der Waals surface area contributed by atoms with Crippen molar-refractivity contribution in [1.82, 2.24) is 0 Å². The summed E-state index contributed by atoms with van der Waals surface area (Å²) in [5.74, 6) is -0.279. The third-order valence-corrected chi connectivity index (χ3v) is 3.10. The third kappa shape index (κ3) is 3.56. The lowest BCUT2D eigenvalue weighted by atomic mass is 10.0. The third-order valence-electron chi connectivity index (χ3n) is 3.10. The molecule has 2 aromatic rings. The molecule has 3 nitrogen and oxygen atoms in total. The monoisotopic (exact) mass is 274 g/mol. The Balaban J connectivity index is 2.20. The smallest absolute Gasteiger partial charge is 0.146 e. The lowest BCUT2D eigenvalue weighted by molar-refractivity contribution is 0.185. The molecule has 20 heavy (non-hydrogen) atoms. The van der Waals surface area contributed by atoms with E-state index in [1.54, 1.807) is 25.3 Å². The van der Waals surface area contributed by atoms with Gasteiger partial charge in [0, 0.05) is 13.7 Å². The van der Waals surface area contributed by atoms with Crippen LogP contribution in [0.25, 0.3) is 0 Å². The number of benzene rings is 2. The summed E-state index contributed by atoms with van der Waals surface area (Å²) in [5.41, 5.74) is 8.36. The van der Waals surface area contributed by atoms with E-state index in [9.17, 15) is 4.39 Å². The Morgan fingerprint density at radius 1 is 1.20 bits per heavy atom. The molecule has 0 saturated heterocycles. The number of nitrogens with one attached hydrogen (secondary N) is 1. The summed E-state index contributed by atoms with van der Waals surface area (Å²) in [7, 11) is 1.66. The number of hydrogen-bond donors (Lipinski definition) is 2. The van der Waals surface area contributed by atoms with E-state index >= 15 is 0 Å². The van der Waals surface area contributed by atoms with E-state index in [1.807, 2.05) is 24.3 Å². The Labute approximate surface area is 118 Å². The number of para-hydroxylation sites is 1. The summed E-state index contributed by atoms with van der Waals surface area (Å²) < 4.78 is 18.8. The molecule has 2 rings (SSSR count). The average Bonchev–Trinajstić information content (AvgIpc) is 2.47. The highest BCUT2D eigenvalue weighted by Crippen LogP contribution is 2.22. The van der Waals surface area contributed by atoms with Crippen molar-refractivity contribution in [2.45, 2.75) is 12.6 Å². The van der Waals surface area contributed by atoms with Gasteiger partial charge in [-0.05, 0) is 23.3 Å². The van der Waals surface area contributed by atoms with Gasteiger partial charge >= 0.3 is 0 Å². The van der Waals surface area contributed by atoms with Crippen LogP contribution in [0.2, 0.25) is 0 Å². The fourth-order valence-electron chi connectivity index (χ4n) is 2.11. The molecule has 0 aliphatic rings. The van der Waals surface area contributed by atoms with Gasteiger partial charge in [-0.2, -0.15) is 0 Å². The van der Waals surface area contributed by atoms with Crippen LogP contribution in [0.3, 0.4) is 0 Å². The van der Waals surface area contributed by atoms with Gasteiger partial charge in [-0.25, -0.2) is 4.39 Å². The van der Waals surface area contributed by atoms with Gasteiger partial charge in [0.25, 0.3) is 0 Å². The molecule has 3 N–H and O–H groups in total. The maximum atomic E-state index is 13.7. The van der Waals surface area contributed by atoms with Crippen LogP contribution in [0.4, 0.5) is 10.1 Å². The average molecular weight is 274 g/mol. The normalized spacial score (nSPS) is 12.2. The minimum atomic E-state index is -0.279. The lowest BCUT2D eigenvalue weighted by Gasteiger charge is -2.19. The van der Waals surface area contributed by atoms with Gasteiger partial charge in [0.1, 0.15) is 5.82 Å². The summed E-state index contributed by atoms with van der Waals surface area (Å²) in [5, 5.41) is 3.14. The van der Waals surface area contributed by atoms with Crippen LogP contribution in [-0.4, -0.2) is 13.7 Å². The summed E-state index contributed by atoms with van der Waals surface area (Å²) in [6.45, 7) is 0.926. The zero-order valence-electron chi connectivity index (χ0n) is 11.5. The number of ether oxygens (including phenoxy) is 1. The van der Waals surface area contributed by atoms with Crippen molar-refractivity contribution in [1.29, 1.82) is 0 Å². The van der Waals surface area contributed by atoms with Crippen molar-refractivity contribution in [3.05, 3.63) is 65.5 Å². The minimum Gasteiger partial charge on any atom is -0.380 e. The molecule has 0 fully saturated rings. The molecule has 0 heterocycles. The predicted octanol–water partition coefficient (Wildman–Crippen LogP) is 3.08. The molecule has 0 amide bonds. The standard InChI is InChI=1S/C16H19FN2O/c1-20-11-12-5-4-6-13(9-12)16(10-18)19-15-8-3-2-7-14(15)17/h2-9,16,19H,10-11,18H2,1H3. The van der Waals surface area contributed by atoms with E-state index in [4.69, 9.17) is 10.5 Å². The minimum absolute atomic E-state index is 0.135. The zero-order chi connectivity index (χ0) is 14.4. The van der Waals surface area contributed by atoms with E-state index < -0.39 is 0 Å². The van der Waals surface area contributed by atoms with Gasteiger partial charge < -0.3 is 15.8 Å². The Bertz CT molecular complexity index is 560. The van der Waals surface area contributed by atoms with Gasteiger partial charge in [-0.1, -0.05) is 36.4 Å². The van der Waals surface area contributed by atoms with Gasteiger partial charge in [0.2, 0.25) is 0 Å². The SMILES string of the molecule is COCc1cccc(C(CN)Nc2ccccc2F)c1. The first-order chi connectivity index (χ1) is 9.74. The number of hydrogen-bond acceptors (Lipinski definition) is 3. The molecular weight excluding hydrogens is 255 g/mol. The molecule has 0 aromatic heterocycles. The Morgan fingerprint density at radius 2 is 2.00 bits per heavy atom. The van der Waals surface area contributed by atoms with Crippen LogP contribution in [0, 0.1) is 5.82 Å². The van der Waals surface area contributed by atoms with E-state index in [2.05, 4.69) is 5.32 Å². The Hall–Kier alpha value is -1.91. The van der Waals surface area contributed by atoms with Gasteiger partial charge in [0.15, 0.2) is 0 Å². The second kappa shape index (κ2) is 7.03. The zero-order valence-corrected chi connectivity index (χ0v) is 11.5. The number of nitrogens with two attached hydrogens (primary N) is 1. The van der Waals surface area contributed by atoms with E-state index in [-0.39, 0.29) is 11.9 Å². The molecule has 1 unspecified atom stereocenters. The van der Waals surface area contributed by atoms with Crippen molar-refractivity contribution in [3.63, 3.8) is 0 Å². The topological polar surface area (TPSA) is 47.3 Å². The molecule has 0 bridgehead atoms. The Morgan fingerprint density at radius 3 is 2.70 bits per heavy atom. The first kappa shape index (κ1) is 14.5. The number of halogens is 1. The van der Waals surface area contributed by atoms with E-state index in [1.165, 1.54) is 6.07 Å². The second-order valence-corrected chi connectivity index (χ2v) is 4.59. The molecule has 2 aromatic carbocycles. The quantitative estimate of drug-likeness (QED) is 0.851. The van der Waals surface area contributed by atoms with Gasteiger partial charge in [-0.3, -0.25) is 0 Å². The fraction of sp³-hybridized carbons (Fsp3) is 0.250. The van der Waals surface area contributed by atoms with Gasteiger partial charge in [0.05, 0.1) is 18.3 Å². The molecule has 0 aliphatic heterocycles. The molecule has 0 saturated carbocycles. The maximum absolute atomic E-state index is 13.7. The lowest BCUT2D eigenvalue weighted by Crippen LogP contribution is -2.21. The van der Waals surface area contributed by atoms with Crippen molar-refractivity contribution in [2.75, 3.05) is 19.0 Å². The van der Waals surface area contributed by atoms with Crippen LogP contribution in [-0.2, 0) is 11.3 Å². The van der Waals surface area contributed by atoms with Crippen LogP contribution < -0.4 is 11.1 Å². The summed E-state index contributed by atoms with van der Waals surface area (Å²) in [4.78, 5) is 0. The molecule has 0 radical (unpaired) electrons. The largest absolute Gasteiger partial charge is 0.380 e. The highest BCUT2D eigenvalue weighted by Gasteiger charge is 2.12.